The van der Waals surface area contributed by atoms with Gasteiger partial charge in [0.25, 0.3) is 10.1 Å². The van der Waals surface area contributed by atoms with Crippen molar-refractivity contribution in [1.29, 1.82) is 0 Å². The summed E-state index contributed by atoms with van der Waals surface area (Å²) in [7, 11) is -3.90. The van der Waals surface area contributed by atoms with Crippen molar-refractivity contribution in [2.75, 3.05) is 11.9 Å². The number of aromatic nitrogens is 1. The highest BCUT2D eigenvalue weighted by Crippen LogP contribution is 2.57. The summed E-state index contributed by atoms with van der Waals surface area (Å²) in [6.07, 6.45) is 4.96. The number of nitrogens with zero attached hydrogens (tertiary/aromatic N) is 1. The third kappa shape index (κ3) is 9.27. The first-order valence-electron chi connectivity index (χ1n) is 26.3. The SMILES string of the molecule is CCCCC(CC)Cn1c2ccccc2c2ccc(-c3ccc(Nc4ccc(-c5ccc6c(c5)C(c5ccccc5)(c5ccccc5)c5cc(-c7ccc(S(=O)(=O)OCC(C)(C)C)cc7)ccc5-6)cc4)cc3)cc21. The molecule has 1 aromatic heterocycles. The monoisotopic (exact) mass is 988 g/mol. The fourth-order valence-corrected chi connectivity index (χ4v) is 12.4. The first-order valence-corrected chi connectivity index (χ1v) is 27.7. The van der Waals surface area contributed by atoms with Crippen LogP contribution in [0.25, 0.3) is 66.3 Å². The molecular formula is C68H64N2O3S. The third-order valence-corrected chi connectivity index (χ3v) is 16.4. The molecular weight excluding hydrogens is 925 g/mol. The number of rotatable bonds is 16. The van der Waals surface area contributed by atoms with Gasteiger partial charge in [-0.05, 0) is 145 Å². The van der Waals surface area contributed by atoms with Gasteiger partial charge in [0.05, 0.1) is 16.9 Å². The molecule has 0 radical (unpaired) electrons. The molecule has 9 aromatic carbocycles. The molecule has 0 fully saturated rings. The molecule has 6 heteroatoms. The minimum absolute atomic E-state index is 0.106. The molecule has 0 saturated carbocycles. The van der Waals surface area contributed by atoms with Crippen molar-refractivity contribution in [1.82, 2.24) is 4.57 Å². The molecule has 1 N–H and O–H groups in total. The number of benzene rings is 9. The largest absolute Gasteiger partial charge is 0.356 e. The average molecular weight is 989 g/mol. The summed E-state index contributed by atoms with van der Waals surface area (Å²) in [5.41, 5.74) is 17.5. The van der Waals surface area contributed by atoms with Crippen molar-refractivity contribution in [3.63, 3.8) is 0 Å². The van der Waals surface area contributed by atoms with Crippen LogP contribution in [0, 0.1) is 11.3 Å². The van der Waals surface area contributed by atoms with E-state index in [1.807, 2.05) is 32.9 Å². The first-order chi connectivity index (χ1) is 35.9. The van der Waals surface area contributed by atoms with Crippen molar-refractivity contribution in [3.05, 3.63) is 235 Å². The fourth-order valence-electron chi connectivity index (χ4n) is 11.2. The van der Waals surface area contributed by atoms with Crippen LogP contribution in [-0.4, -0.2) is 19.6 Å². The maximum atomic E-state index is 13.1. The Hall–Kier alpha value is -7.51. The summed E-state index contributed by atoms with van der Waals surface area (Å²) in [4.78, 5) is 0.148. The van der Waals surface area contributed by atoms with E-state index in [4.69, 9.17) is 4.18 Å². The number of para-hydroxylation sites is 1. The van der Waals surface area contributed by atoms with Crippen LogP contribution in [0.15, 0.2) is 217 Å². The van der Waals surface area contributed by atoms with E-state index in [-0.39, 0.29) is 16.9 Å². The Morgan fingerprint density at radius 1 is 0.527 bits per heavy atom. The molecule has 0 spiro atoms. The van der Waals surface area contributed by atoms with Gasteiger partial charge in [-0.25, -0.2) is 0 Å². The minimum atomic E-state index is -3.90. The summed E-state index contributed by atoms with van der Waals surface area (Å²) >= 11 is 0. The van der Waals surface area contributed by atoms with Crippen LogP contribution in [0.5, 0.6) is 0 Å². The molecule has 1 heterocycles. The van der Waals surface area contributed by atoms with E-state index >= 15 is 0 Å². The molecule has 74 heavy (non-hydrogen) atoms. The molecule has 1 aliphatic rings. The molecule has 1 atom stereocenters. The summed E-state index contributed by atoms with van der Waals surface area (Å²) in [6, 6.07) is 75.8. The third-order valence-electron chi connectivity index (χ3n) is 15.2. The zero-order valence-corrected chi connectivity index (χ0v) is 43.9. The number of hydrogen-bond donors (Lipinski definition) is 1. The van der Waals surface area contributed by atoms with Crippen LogP contribution in [0.4, 0.5) is 11.4 Å². The smallest absolute Gasteiger partial charge is 0.296 e. The molecule has 10 aromatic rings. The van der Waals surface area contributed by atoms with E-state index in [9.17, 15) is 8.42 Å². The second-order valence-electron chi connectivity index (χ2n) is 21.4. The van der Waals surface area contributed by atoms with Gasteiger partial charge in [-0.2, -0.15) is 8.42 Å². The van der Waals surface area contributed by atoms with Gasteiger partial charge < -0.3 is 9.88 Å². The highest BCUT2D eigenvalue weighted by Gasteiger charge is 2.46. The number of unbranched alkanes of at least 4 members (excludes halogenated alkanes) is 1. The Labute approximate surface area is 437 Å². The zero-order valence-electron chi connectivity index (χ0n) is 43.1. The van der Waals surface area contributed by atoms with Gasteiger partial charge in [0.1, 0.15) is 0 Å². The second-order valence-corrected chi connectivity index (χ2v) is 23.0. The van der Waals surface area contributed by atoms with Gasteiger partial charge in [-0.3, -0.25) is 4.18 Å². The van der Waals surface area contributed by atoms with Gasteiger partial charge in [0.15, 0.2) is 0 Å². The highest BCUT2D eigenvalue weighted by molar-refractivity contribution is 7.86. The van der Waals surface area contributed by atoms with Gasteiger partial charge in [0, 0.05) is 39.7 Å². The van der Waals surface area contributed by atoms with E-state index in [0.717, 1.165) is 40.2 Å². The maximum Gasteiger partial charge on any atom is 0.296 e. The van der Waals surface area contributed by atoms with E-state index in [1.54, 1.807) is 12.1 Å². The molecule has 0 saturated heterocycles. The van der Waals surface area contributed by atoms with Crippen molar-refractivity contribution in [3.8, 4) is 44.5 Å². The summed E-state index contributed by atoms with van der Waals surface area (Å²) in [5.74, 6) is 0.659. The summed E-state index contributed by atoms with van der Waals surface area (Å²) < 4.78 is 34.3. The zero-order chi connectivity index (χ0) is 51.0. The molecule has 0 bridgehead atoms. The lowest BCUT2D eigenvalue weighted by Crippen LogP contribution is -2.28. The molecule has 5 nitrogen and oxygen atoms in total. The number of anilines is 2. The van der Waals surface area contributed by atoms with Crippen molar-refractivity contribution in [2.24, 2.45) is 11.3 Å². The molecule has 0 amide bonds. The lowest BCUT2D eigenvalue weighted by atomic mass is 9.67. The van der Waals surface area contributed by atoms with E-state index in [0.29, 0.717) is 5.92 Å². The Bertz CT molecular complexity index is 3680. The van der Waals surface area contributed by atoms with Gasteiger partial charge in [0.2, 0.25) is 0 Å². The van der Waals surface area contributed by atoms with Crippen LogP contribution in [0.2, 0.25) is 0 Å². The quantitative estimate of drug-likeness (QED) is 0.0980. The molecule has 1 aliphatic carbocycles. The Balaban J connectivity index is 0.885. The predicted octanol–water partition coefficient (Wildman–Crippen LogP) is 17.9. The van der Waals surface area contributed by atoms with Crippen molar-refractivity contribution >= 4 is 43.3 Å². The summed E-state index contributed by atoms with van der Waals surface area (Å²) in [5, 5.41) is 6.32. The topological polar surface area (TPSA) is 60.3 Å². The minimum Gasteiger partial charge on any atom is -0.356 e. The fraction of sp³-hybridized carbons (Fsp3) is 0.206. The second kappa shape index (κ2) is 20.1. The highest BCUT2D eigenvalue weighted by atomic mass is 32.2. The normalized spacial score (nSPS) is 13.5. The Morgan fingerprint density at radius 2 is 1.00 bits per heavy atom. The summed E-state index contributed by atoms with van der Waals surface area (Å²) in [6.45, 7) is 11.6. The van der Waals surface area contributed by atoms with E-state index in [2.05, 4.69) is 212 Å². The Morgan fingerprint density at radius 3 is 1.53 bits per heavy atom. The number of hydrogen-bond acceptors (Lipinski definition) is 4. The van der Waals surface area contributed by atoms with Crippen LogP contribution < -0.4 is 5.32 Å². The lowest BCUT2D eigenvalue weighted by Gasteiger charge is -2.34. The predicted molar refractivity (Wildman–Crippen MR) is 309 cm³/mol. The molecule has 1 unspecified atom stereocenters. The Kier molecular flexibility index (Phi) is 13.2. The van der Waals surface area contributed by atoms with Crippen LogP contribution in [0.3, 0.4) is 0 Å². The van der Waals surface area contributed by atoms with Crippen LogP contribution in [-0.2, 0) is 26.3 Å². The van der Waals surface area contributed by atoms with Gasteiger partial charge in [-0.15, -0.1) is 0 Å². The maximum absolute atomic E-state index is 13.1. The van der Waals surface area contributed by atoms with Crippen LogP contribution >= 0.6 is 0 Å². The molecule has 11 rings (SSSR count). The standard InChI is InChI=1S/C68H64N2O3S/c1-6-8-17-47(7-2)45-70-65-23-16-15-22-61(65)62-41-32-53(44-66(62)70)49-26-35-57(36-27-49)69-56-33-24-48(25-34-56)51-30-39-59-60-40-31-52(50-28-37-58(38-29-50)74(71,72)73-46-67(3,4)5)43-64(60)68(63(59)42-51,54-18-11-9-12-19-54)55-20-13-10-14-21-55/h9-16,18-44,47,69H,6-8,17,45-46H2,1-5H3. The number of nitrogens with one attached hydrogen (secondary N) is 1. The average Bonchev–Trinajstić information content (AvgIpc) is 3.91. The lowest BCUT2D eigenvalue weighted by molar-refractivity contribution is 0.203. The van der Waals surface area contributed by atoms with Crippen molar-refractivity contribution < 1.29 is 12.6 Å². The van der Waals surface area contributed by atoms with Gasteiger partial charge >= 0.3 is 0 Å². The van der Waals surface area contributed by atoms with E-state index in [1.165, 1.54) is 92.0 Å². The molecule has 0 aliphatic heterocycles. The van der Waals surface area contributed by atoms with E-state index < -0.39 is 15.5 Å². The van der Waals surface area contributed by atoms with Crippen LogP contribution in [0.1, 0.15) is 82.6 Å². The van der Waals surface area contributed by atoms with Crippen molar-refractivity contribution in [2.45, 2.75) is 77.2 Å². The number of fused-ring (bicyclic) bond motifs is 6. The molecule has 370 valence electrons. The van der Waals surface area contributed by atoms with Gasteiger partial charge in [-0.1, -0.05) is 206 Å². The first kappa shape index (κ1) is 48.7.